The molecule has 0 aliphatic heterocycles. The molecule has 0 aromatic heterocycles. The molecule has 7 nitrogen and oxygen atoms in total. The molecule has 0 aliphatic carbocycles. The lowest BCUT2D eigenvalue weighted by Gasteiger charge is -2.04. The average Bonchev–Trinajstić information content (AvgIpc) is 2.17. The van der Waals surface area contributed by atoms with Gasteiger partial charge in [-0.25, -0.2) is 9.59 Å². The number of nitrogens with zero attached hydrogens (tertiary/aromatic N) is 2. The lowest BCUT2D eigenvalue weighted by molar-refractivity contribution is -0.145. The predicted molar refractivity (Wildman–Crippen MR) is 50.9 cm³/mol. The lowest BCUT2D eigenvalue weighted by Crippen LogP contribution is -2.13. The van der Waals surface area contributed by atoms with Gasteiger partial charge in [-0.1, -0.05) is 0 Å². The summed E-state index contributed by atoms with van der Waals surface area (Å²) in [7, 11) is 0. The summed E-state index contributed by atoms with van der Waals surface area (Å²) >= 11 is 0. The zero-order valence-electron chi connectivity index (χ0n) is 8.63. The van der Waals surface area contributed by atoms with Crippen molar-refractivity contribution in [2.45, 2.75) is 25.9 Å². The minimum atomic E-state index is -0.944. The van der Waals surface area contributed by atoms with E-state index in [1.807, 2.05) is 0 Å². The van der Waals surface area contributed by atoms with Crippen molar-refractivity contribution in [3.05, 3.63) is 0 Å². The Morgan fingerprint density at radius 2 is 1.81 bits per heavy atom. The van der Waals surface area contributed by atoms with E-state index in [2.05, 4.69) is 14.7 Å². The maximum atomic E-state index is 10.9. The molecule has 0 spiro atoms. The minimum Gasteiger partial charge on any atom is -0.465 e. The Balaban J connectivity index is 3.94. The molecule has 0 saturated heterocycles. The molecular weight excluding hydrogens is 216 g/mol. The van der Waals surface area contributed by atoms with E-state index in [4.69, 9.17) is 0 Å². The number of hydrogen-bond acceptors (Lipinski definition) is 7. The fourth-order valence-corrected chi connectivity index (χ4v) is 0.812. The van der Waals surface area contributed by atoms with Crippen LogP contribution in [-0.2, 0) is 23.9 Å². The van der Waals surface area contributed by atoms with Crippen LogP contribution in [0.3, 0.4) is 0 Å². The van der Waals surface area contributed by atoms with Crippen molar-refractivity contribution in [3.63, 3.8) is 0 Å². The van der Waals surface area contributed by atoms with Gasteiger partial charge in [0, 0.05) is 6.42 Å². The molecule has 0 radical (unpaired) electrons. The largest absolute Gasteiger partial charge is 0.465 e. The maximum Gasteiger partial charge on any atom is 0.313 e. The van der Waals surface area contributed by atoms with Gasteiger partial charge in [-0.2, -0.15) is 9.98 Å². The van der Waals surface area contributed by atoms with Crippen LogP contribution in [0, 0.1) is 0 Å². The van der Waals surface area contributed by atoms with Crippen molar-refractivity contribution in [2.24, 2.45) is 9.98 Å². The highest BCUT2D eigenvalue weighted by atomic mass is 16.5. The van der Waals surface area contributed by atoms with Crippen LogP contribution >= 0.6 is 0 Å². The number of esters is 1. The predicted octanol–water partition coefficient (Wildman–Crippen LogP) is -0.104. The van der Waals surface area contributed by atoms with Gasteiger partial charge in [-0.3, -0.25) is 9.59 Å². The minimum absolute atomic E-state index is 0.0636. The van der Waals surface area contributed by atoms with Gasteiger partial charge in [0.2, 0.25) is 12.2 Å². The molecule has 0 amide bonds. The summed E-state index contributed by atoms with van der Waals surface area (Å²) in [5.41, 5.74) is 0. The van der Waals surface area contributed by atoms with Crippen molar-refractivity contribution in [3.8, 4) is 0 Å². The summed E-state index contributed by atoms with van der Waals surface area (Å²) in [5, 5.41) is 0. The molecule has 0 unspecified atom stereocenters. The van der Waals surface area contributed by atoms with Gasteiger partial charge in [0.05, 0.1) is 6.61 Å². The van der Waals surface area contributed by atoms with Gasteiger partial charge >= 0.3 is 5.97 Å². The monoisotopic (exact) mass is 226 g/mol. The van der Waals surface area contributed by atoms with Gasteiger partial charge in [-0.05, 0) is 6.92 Å². The van der Waals surface area contributed by atoms with E-state index in [1.165, 1.54) is 19.1 Å². The number of aliphatic imine (C=N–C) groups is 2. The van der Waals surface area contributed by atoms with Crippen LogP contribution in [0.2, 0.25) is 0 Å². The zero-order chi connectivity index (χ0) is 12.4. The number of isocyanates is 2. The van der Waals surface area contributed by atoms with Crippen molar-refractivity contribution in [1.29, 1.82) is 0 Å². The van der Waals surface area contributed by atoms with Crippen LogP contribution in [-0.4, -0.2) is 36.7 Å². The van der Waals surface area contributed by atoms with Crippen molar-refractivity contribution in [1.82, 2.24) is 0 Å². The van der Waals surface area contributed by atoms with Crippen LogP contribution in [0.15, 0.2) is 9.98 Å². The highest BCUT2D eigenvalue weighted by Crippen LogP contribution is 1.99. The standard InChI is InChI=1S/C9H10N2O5/c1-7(14)4-9(15)16-3-2-8(10-5-12)11-6-13/h8H,2-4H2,1H3. The van der Waals surface area contributed by atoms with Gasteiger partial charge in [0.25, 0.3) is 0 Å². The first kappa shape index (κ1) is 13.9. The molecule has 0 heterocycles. The molecule has 86 valence electrons. The fraction of sp³-hybridized carbons (Fsp3) is 0.556. The number of ketones is 1. The molecule has 0 fully saturated rings. The van der Waals surface area contributed by atoms with Crippen molar-refractivity contribution < 1.29 is 23.9 Å². The molecule has 0 saturated carbocycles. The van der Waals surface area contributed by atoms with Crippen LogP contribution in [0.5, 0.6) is 0 Å². The first-order chi connectivity index (χ1) is 7.60. The summed E-state index contributed by atoms with van der Waals surface area (Å²) < 4.78 is 4.64. The molecule has 0 atom stereocenters. The van der Waals surface area contributed by atoms with Crippen molar-refractivity contribution >= 4 is 23.9 Å². The van der Waals surface area contributed by atoms with E-state index < -0.39 is 12.1 Å². The number of hydrogen-bond donors (Lipinski definition) is 0. The molecule has 0 N–H and O–H groups in total. The third-order valence-electron chi connectivity index (χ3n) is 1.44. The summed E-state index contributed by atoms with van der Waals surface area (Å²) in [6.45, 7) is 1.17. The Kier molecular flexibility index (Phi) is 7.15. The smallest absolute Gasteiger partial charge is 0.313 e. The highest BCUT2D eigenvalue weighted by Gasteiger charge is 2.09. The van der Waals surface area contributed by atoms with Gasteiger partial charge in [0.15, 0.2) is 6.17 Å². The van der Waals surface area contributed by atoms with Gasteiger partial charge in [0.1, 0.15) is 12.2 Å². The Bertz CT molecular complexity index is 335. The van der Waals surface area contributed by atoms with E-state index in [0.29, 0.717) is 0 Å². The first-order valence-electron chi connectivity index (χ1n) is 4.39. The summed E-state index contributed by atoms with van der Waals surface area (Å²) in [6, 6.07) is 0. The lowest BCUT2D eigenvalue weighted by atomic mass is 10.3. The van der Waals surface area contributed by atoms with Gasteiger partial charge in [-0.15, -0.1) is 0 Å². The second kappa shape index (κ2) is 8.23. The molecular formula is C9H10N2O5. The van der Waals surface area contributed by atoms with Crippen LogP contribution < -0.4 is 0 Å². The summed E-state index contributed by atoms with van der Waals surface area (Å²) in [6.07, 6.45) is 1.27. The van der Waals surface area contributed by atoms with E-state index in [9.17, 15) is 19.2 Å². The van der Waals surface area contributed by atoms with E-state index in [-0.39, 0.29) is 25.2 Å². The number of rotatable bonds is 7. The van der Waals surface area contributed by atoms with E-state index in [0.717, 1.165) is 0 Å². The Hall–Kier alpha value is -2.10. The average molecular weight is 226 g/mol. The molecule has 0 bridgehead atoms. The number of carbonyl (C=O) groups excluding carboxylic acids is 4. The fourth-order valence-electron chi connectivity index (χ4n) is 0.812. The summed E-state index contributed by atoms with van der Waals surface area (Å²) in [4.78, 5) is 47.6. The maximum absolute atomic E-state index is 10.9. The molecule has 0 aromatic carbocycles. The molecule has 0 aromatic rings. The summed E-state index contributed by atoms with van der Waals surface area (Å²) in [5.74, 6) is -0.977. The molecule has 0 aliphatic rings. The van der Waals surface area contributed by atoms with E-state index in [1.54, 1.807) is 0 Å². The van der Waals surface area contributed by atoms with Crippen LogP contribution in [0.25, 0.3) is 0 Å². The zero-order valence-corrected chi connectivity index (χ0v) is 8.63. The highest BCUT2D eigenvalue weighted by molar-refractivity contribution is 5.94. The second-order valence-electron chi connectivity index (χ2n) is 2.81. The first-order valence-corrected chi connectivity index (χ1v) is 4.39. The van der Waals surface area contributed by atoms with Gasteiger partial charge < -0.3 is 4.74 Å². The molecule has 7 heteroatoms. The number of carbonyl (C=O) groups is 2. The number of Topliss-reactive ketones (excluding diaryl/α,β-unsaturated/α-hetero) is 1. The third kappa shape index (κ3) is 7.32. The Labute approximate surface area is 91.2 Å². The quantitative estimate of drug-likeness (QED) is 0.261. The van der Waals surface area contributed by atoms with Crippen molar-refractivity contribution in [2.75, 3.05) is 6.61 Å². The molecule has 0 rings (SSSR count). The topological polar surface area (TPSA) is 102 Å². The second-order valence-corrected chi connectivity index (χ2v) is 2.81. The van der Waals surface area contributed by atoms with Crippen LogP contribution in [0.1, 0.15) is 19.8 Å². The normalized spacial score (nSPS) is 10.6. The third-order valence-corrected chi connectivity index (χ3v) is 1.44. The Morgan fingerprint density at radius 3 is 2.25 bits per heavy atom. The molecule has 16 heavy (non-hydrogen) atoms. The van der Waals surface area contributed by atoms with Crippen LogP contribution in [0.4, 0.5) is 0 Å². The number of ether oxygens (including phenoxy) is 1. The Morgan fingerprint density at radius 1 is 1.25 bits per heavy atom. The van der Waals surface area contributed by atoms with E-state index >= 15 is 0 Å². The SMILES string of the molecule is CC(=O)CC(=O)OCCC(N=C=O)N=C=O.